The van der Waals surface area contributed by atoms with E-state index in [4.69, 9.17) is 9.15 Å². The molecule has 1 heterocycles. The predicted octanol–water partition coefficient (Wildman–Crippen LogP) is 4.16. The molecule has 0 saturated carbocycles. The first-order valence-electron chi connectivity index (χ1n) is 8.62. The Morgan fingerprint density at radius 2 is 1.88 bits per heavy atom. The topological polar surface area (TPSA) is 64.4 Å². The second-order valence-electron chi connectivity index (χ2n) is 5.99. The number of methoxy groups -OCH3 is 1. The molecular weight excluding hydrogens is 328 g/mol. The molecule has 134 valence electrons. The maximum atomic E-state index is 12.4. The number of aromatic nitrogens is 1. The number of nitrogens with zero attached hydrogens (tertiary/aromatic N) is 1. The van der Waals surface area contributed by atoms with Gasteiger partial charge in [0.2, 0.25) is 11.8 Å². The van der Waals surface area contributed by atoms with Gasteiger partial charge in [0.25, 0.3) is 0 Å². The molecule has 1 aromatic heterocycles. The van der Waals surface area contributed by atoms with Crippen molar-refractivity contribution in [1.82, 2.24) is 10.3 Å². The summed E-state index contributed by atoms with van der Waals surface area (Å²) in [5.41, 5.74) is 2.56. The molecule has 0 aliphatic heterocycles. The minimum Gasteiger partial charge on any atom is -0.497 e. The minimum atomic E-state index is -0.0828. The molecule has 1 amide bonds. The molecule has 0 fully saturated rings. The van der Waals surface area contributed by atoms with Crippen molar-refractivity contribution >= 4 is 5.91 Å². The summed E-state index contributed by atoms with van der Waals surface area (Å²) < 4.78 is 10.7. The zero-order valence-electron chi connectivity index (χ0n) is 14.9. The van der Waals surface area contributed by atoms with Crippen molar-refractivity contribution in [3.63, 3.8) is 0 Å². The zero-order chi connectivity index (χ0) is 18.4. The molecule has 0 unspecified atom stereocenters. The molecule has 2 aromatic carbocycles. The van der Waals surface area contributed by atoms with E-state index >= 15 is 0 Å². The smallest absolute Gasteiger partial charge is 0.226 e. The van der Waals surface area contributed by atoms with E-state index in [2.05, 4.69) is 10.3 Å². The van der Waals surface area contributed by atoms with Crippen LogP contribution in [0.25, 0.3) is 11.5 Å². The normalized spacial score (nSPS) is 11.8. The van der Waals surface area contributed by atoms with Crippen molar-refractivity contribution in [3.05, 3.63) is 72.1 Å². The van der Waals surface area contributed by atoms with Gasteiger partial charge in [-0.3, -0.25) is 4.79 Å². The van der Waals surface area contributed by atoms with Crippen LogP contribution in [0.2, 0.25) is 0 Å². The molecule has 3 aromatic rings. The van der Waals surface area contributed by atoms with Crippen LogP contribution in [0.4, 0.5) is 0 Å². The van der Waals surface area contributed by atoms with E-state index in [9.17, 15) is 4.79 Å². The van der Waals surface area contributed by atoms with Crippen LogP contribution in [0.15, 0.2) is 65.3 Å². The summed E-state index contributed by atoms with van der Waals surface area (Å²) in [4.78, 5) is 16.8. The Morgan fingerprint density at radius 3 is 2.54 bits per heavy atom. The Bertz CT molecular complexity index is 841. The van der Waals surface area contributed by atoms with Gasteiger partial charge in [0.1, 0.15) is 12.0 Å². The van der Waals surface area contributed by atoms with E-state index in [1.807, 2.05) is 61.5 Å². The van der Waals surface area contributed by atoms with E-state index in [1.54, 1.807) is 7.11 Å². The summed E-state index contributed by atoms with van der Waals surface area (Å²) in [6.07, 6.45) is 2.52. The first-order valence-corrected chi connectivity index (χ1v) is 8.62. The molecule has 3 rings (SSSR count). The fourth-order valence-electron chi connectivity index (χ4n) is 2.77. The highest BCUT2D eigenvalue weighted by atomic mass is 16.5. The SMILES string of the molecule is CC[C@H](NC(=O)Cc1coc(-c2ccccc2)n1)c1ccc(OC)cc1. The number of ether oxygens (including phenoxy) is 1. The van der Waals surface area contributed by atoms with Gasteiger partial charge in [-0.05, 0) is 36.2 Å². The Morgan fingerprint density at radius 1 is 1.15 bits per heavy atom. The largest absolute Gasteiger partial charge is 0.497 e. The number of hydrogen-bond acceptors (Lipinski definition) is 4. The van der Waals surface area contributed by atoms with Crippen LogP contribution in [-0.4, -0.2) is 18.0 Å². The van der Waals surface area contributed by atoms with Crippen LogP contribution < -0.4 is 10.1 Å². The van der Waals surface area contributed by atoms with Crippen LogP contribution in [0, 0.1) is 0 Å². The summed E-state index contributed by atoms with van der Waals surface area (Å²) in [6, 6.07) is 17.3. The van der Waals surface area contributed by atoms with E-state index in [0.29, 0.717) is 11.6 Å². The van der Waals surface area contributed by atoms with Gasteiger partial charge in [-0.25, -0.2) is 4.98 Å². The monoisotopic (exact) mass is 350 g/mol. The van der Waals surface area contributed by atoms with E-state index in [-0.39, 0.29) is 18.4 Å². The van der Waals surface area contributed by atoms with Crippen molar-refractivity contribution in [2.24, 2.45) is 0 Å². The molecule has 26 heavy (non-hydrogen) atoms. The highest BCUT2D eigenvalue weighted by Crippen LogP contribution is 2.21. The predicted molar refractivity (Wildman–Crippen MR) is 99.8 cm³/mol. The van der Waals surface area contributed by atoms with Crippen LogP contribution >= 0.6 is 0 Å². The van der Waals surface area contributed by atoms with Crippen molar-refractivity contribution in [1.29, 1.82) is 0 Å². The van der Waals surface area contributed by atoms with Crippen LogP contribution in [-0.2, 0) is 11.2 Å². The molecule has 0 radical (unpaired) electrons. The van der Waals surface area contributed by atoms with Crippen LogP contribution in [0.3, 0.4) is 0 Å². The van der Waals surface area contributed by atoms with Crippen LogP contribution in [0.5, 0.6) is 5.75 Å². The summed E-state index contributed by atoms with van der Waals surface area (Å²) in [5, 5.41) is 3.06. The molecule has 0 aliphatic carbocycles. The van der Waals surface area contributed by atoms with Crippen LogP contribution in [0.1, 0.15) is 30.6 Å². The Balaban J connectivity index is 1.63. The molecule has 5 heteroatoms. The lowest BCUT2D eigenvalue weighted by atomic mass is 10.0. The van der Waals surface area contributed by atoms with Crippen molar-refractivity contribution in [2.45, 2.75) is 25.8 Å². The van der Waals surface area contributed by atoms with Crippen molar-refractivity contribution in [3.8, 4) is 17.2 Å². The number of amides is 1. The van der Waals surface area contributed by atoms with E-state index in [1.165, 1.54) is 6.26 Å². The van der Waals surface area contributed by atoms with Gasteiger partial charge >= 0.3 is 0 Å². The lowest BCUT2D eigenvalue weighted by molar-refractivity contribution is -0.121. The van der Waals surface area contributed by atoms with Gasteiger partial charge in [0.15, 0.2) is 0 Å². The molecule has 0 saturated heterocycles. The minimum absolute atomic E-state index is 0.0473. The van der Waals surface area contributed by atoms with Crippen molar-refractivity contribution < 1.29 is 13.9 Å². The van der Waals surface area contributed by atoms with Gasteiger partial charge in [-0.2, -0.15) is 0 Å². The van der Waals surface area contributed by atoms with Crippen molar-refractivity contribution in [2.75, 3.05) is 7.11 Å². The summed E-state index contributed by atoms with van der Waals surface area (Å²) in [6.45, 7) is 2.04. The number of carbonyl (C=O) groups excluding carboxylic acids is 1. The Labute approximate surface area is 153 Å². The average molecular weight is 350 g/mol. The van der Waals surface area contributed by atoms with Gasteiger partial charge in [-0.15, -0.1) is 0 Å². The lowest BCUT2D eigenvalue weighted by Gasteiger charge is -2.17. The van der Waals surface area contributed by atoms with E-state index in [0.717, 1.165) is 23.3 Å². The fraction of sp³-hybridized carbons (Fsp3) is 0.238. The first kappa shape index (κ1) is 17.7. The first-order chi connectivity index (χ1) is 12.7. The van der Waals surface area contributed by atoms with Gasteiger partial charge < -0.3 is 14.5 Å². The molecule has 1 atom stereocenters. The zero-order valence-corrected chi connectivity index (χ0v) is 14.9. The molecular formula is C21H22N2O3. The third kappa shape index (κ3) is 4.30. The van der Waals surface area contributed by atoms with Gasteiger partial charge in [0.05, 0.1) is 25.3 Å². The molecule has 0 aliphatic rings. The molecule has 5 nitrogen and oxygen atoms in total. The maximum absolute atomic E-state index is 12.4. The van der Waals surface area contributed by atoms with Gasteiger partial charge in [-0.1, -0.05) is 37.3 Å². The van der Waals surface area contributed by atoms with E-state index < -0.39 is 0 Å². The standard InChI is InChI=1S/C21H22N2O3/c1-3-19(15-9-11-18(25-2)12-10-15)23-20(24)13-17-14-26-21(22-17)16-7-5-4-6-8-16/h4-12,14,19H,3,13H2,1-2H3,(H,23,24)/t19-/m0/s1. The fourth-order valence-corrected chi connectivity index (χ4v) is 2.77. The second-order valence-corrected chi connectivity index (χ2v) is 5.99. The molecule has 1 N–H and O–H groups in total. The summed E-state index contributed by atoms with van der Waals surface area (Å²) in [7, 11) is 1.63. The second kappa shape index (κ2) is 8.34. The average Bonchev–Trinajstić information content (AvgIpc) is 3.15. The maximum Gasteiger partial charge on any atom is 0.226 e. The number of hydrogen-bond donors (Lipinski definition) is 1. The third-order valence-electron chi connectivity index (χ3n) is 4.18. The number of oxazole rings is 1. The highest BCUT2D eigenvalue weighted by Gasteiger charge is 2.15. The lowest BCUT2D eigenvalue weighted by Crippen LogP contribution is -2.29. The van der Waals surface area contributed by atoms with Gasteiger partial charge in [0, 0.05) is 5.56 Å². The molecule has 0 bridgehead atoms. The Hall–Kier alpha value is -3.08. The summed E-state index contributed by atoms with van der Waals surface area (Å²) >= 11 is 0. The highest BCUT2D eigenvalue weighted by molar-refractivity contribution is 5.78. The number of rotatable bonds is 7. The quantitative estimate of drug-likeness (QED) is 0.695. The number of benzene rings is 2. The third-order valence-corrected chi connectivity index (χ3v) is 4.18. The Kier molecular flexibility index (Phi) is 5.69. The molecule has 0 spiro atoms. The number of nitrogens with one attached hydrogen (secondary N) is 1. The number of carbonyl (C=O) groups is 1. The summed E-state index contributed by atoms with van der Waals surface area (Å²) in [5.74, 6) is 1.24.